The van der Waals surface area contributed by atoms with Gasteiger partial charge in [0.25, 0.3) is 0 Å². The number of esters is 2. The van der Waals surface area contributed by atoms with Crippen LogP contribution in [0.25, 0.3) is 0 Å². The first-order valence-corrected chi connectivity index (χ1v) is 11.3. The minimum Gasteiger partial charge on any atom is -0.462 e. The lowest BCUT2D eigenvalue weighted by atomic mass is 10.2. The molecule has 0 spiro atoms. The van der Waals surface area contributed by atoms with Gasteiger partial charge in [-0.1, -0.05) is 74.6 Å². The summed E-state index contributed by atoms with van der Waals surface area (Å²) >= 11 is 0. The van der Waals surface area contributed by atoms with Crippen LogP contribution >= 0.6 is 0 Å². The maximum absolute atomic E-state index is 11.8. The summed E-state index contributed by atoms with van der Waals surface area (Å²) < 4.78 is 9.99. The lowest BCUT2D eigenvalue weighted by Crippen LogP contribution is -2.28. The largest absolute Gasteiger partial charge is 0.462 e. The standard InChI is InChI=1S/C26H40O5/c1-3-5-6-7-8-9-10-11-12-13-14-15-16-17-18-19-20-21-26(29)31-24(22-27)23-30-25(28)4-2/h5-6,8-9,11-12,14-15,17-18,24,27H,3-4,7,10,13,16,19-23H2,1-2H3/b6-5-,9-8-,12-11-,15-14-,18-17-. The van der Waals surface area contributed by atoms with E-state index < -0.39 is 6.10 Å². The molecule has 31 heavy (non-hydrogen) atoms. The molecule has 0 aliphatic carbocycles. The Balaban J connectivity index is 3.72. The molecule has 1 atom stereocenters. The third kappa shape index (κ3) is 20.6. The predicted octanol–water partition coefficient (Wildman–Crippen LogP) is 5.77. The van der Waals surface area contributed by atoms with Gasteiger partial charge in [-0.25, -0.2) is 0 Å². The molecule has 5 nitrogen and oxygen atoms in total. The molecule has 0 aromatic rings. The van der Waals surface area contributed by atoms with Crippen molar-refractivity contribution < 1.29 is 24.2 Å². The Hall–Kier alpha value is -2.40. The van der Waals surface area contributed by atoms with Crippen molar-refractivity contribution in [1.82, 2.24) is 0 Å². The van der Waals surface area contributed by atoms with E-state index >= 15 is 0 Å². The third-order valence-corrected chi connectivity index (χ3v) is 4.13. The molecule has 0 radical (unpaired) electrons. The Labute approximate surface area is 188 Å². The number of ether oxygens (including phenoxy) is 2. The minimum atomic E-state index is -0.795. The van der Waals surface area contributed by atoms with Crippen molar-refractivity contribution >= 4 is 11.9 Å². The number of carbonyl (C=O) groups excluding carboxylic acids is 2. The summed E-state index contributed by atoms with van der Waals surface area (Å²) in [5.74, 6) is -0.771. The van der Waals surface area contributed by atoms with Gasteiger partial charge in [-0.05, 0) is 44.9 Å². The molecule has 0 aromatic heterocycles. The Morgan fingerprint density at radius 3 is 1.77 bits per heavy atom. The van der Waals surface area contributed by atoms with Crippen molar-refractivity contribution in [2.45, 2.75) is 77.7 Å². The van der Waals surface area contributed by atoms with E-state index in [9.17, 15) is 14.7 Å². The molecular weight excluding hydrogens is 392 g/mol. The third-order valence-electron chi connectivity index (χ3n) is 4.13. The molecule has 0 amide bonds. The van der Waals surface area contributed by atoms with Gasteiger partial charge in [0.05, 0.1) is 6.61 Å². The smallest absolute Gasteiger partial charge is 0.306 e. The van der Waals surface area contributed by atoms with Crippen LogP contribution in [0, 0.1) is 0 Å². The first kappa shape index (κ1) is 28.6. The Morgan fingerprint density at radius 2 is 1.29 bits per heavy atom. The zero-order valence-electron chi connectivity index (χ0n) is 19.2. The number of carbonyl (C=O) groups is 2. The molecule has 0 bridgehead atoms. The van der Waals surface area contributed by atoms with E-state index in [1.807, 2.05) is 0 Å². The first-order valence-electron chi connectivity index (χ1n) is 11.3. The van der Waals surface area contributed by atoms with Crippen molar-refractivity contribution in [3.8, 4) is 0 Å². The average Bonchev–Trinajstić information content (AvgIpc) is 2.78. The normalized spacial score (nSPS) is 13.3. The van der Waals surface area contributed by atoms with Crippen molar-refractivity contribution in [2.24, 2.45) is 0 Å². The minimum absolute atomic E-state index is 0.107. The highest BCUT2D eigenvalue weighted by Crippen LogP contribution is 2.04. The topological polar surface area (TPSA) is 72.8 Å². The average molecular weight is 433 g/mol. The number of hydrogen-bond acceptors (Lipinski definition) is 5. The molecule has 0 rings (SSSR count). The van der Waals surface area contributed by atoms with Crippen LogP contribution in [0.2, 0.25) is 0 Å². The van der Waals surface area contributed by atoms with Crippen LogP contribution < -0.4 is 0 Å². The first-order chi connectivity index (χ1) is 15.1. The molecule has 0 aromatic carbocycles. The maximum atomic E-state index is 11.8. The summed E-state index contributed by atoms with van der Waals surface area (Å²) in [6.07, 6.45) is 27.6. The molecule has 0 aliphatic rings. The number of hydrogen-bond donors (Lipinski definition) is 1. The summed E-state index contributed by atoms with van der Waals surface area (Å²) in [6, 6.07) is 0. The number of allylic oxidation sites excluding steroid dienone is 10. The molecule has 0 aliphatic heterocycles. The molecule has 0 saturated carbocycles. The Kier molecular flexibility index (Phi) is 20.6. The van der Waals surface area contributed by atoms with Crippen molar-refractivity contribution in [1.29, 1.82) is 0 Å². The highest BCUT2D eigenvalue weighted by atomic mass is 16.6. The second-order valence-corrected chi connectivity index (χ2v) is 6.93. The van der Waals surface area contributed by atoms with E-state index in [4.69, 9.17) is 9.47 Å². The van der Waals surface area contributed by atoms with Gasteiger partial charge in [-0.15, -0.1) is 0 Å². The summed E-state index contributed by atoms with van der Waals surface area (Å²) in [4.78, 5) is 22.9. The van der Waals surface area contributed by atoms with Crippen LogP contribution in [-0.4, -0.2) is 36.4 Å². The summed E-state index contributed by atoms with van der Waals surface area (Å²) in [5.41, 5.74) is 0. The highest BCUT2D eigenvalue weighted by Gasteiger charge is 2.15. The molecule has 5 heteroatoms. The van der Waals surface area contributed by atoms with Crippen LogP contribution in [0.3, 0.4) is 0 Å². The second kappa shape index (κ2) is 22.3. The monoisotopic (exact) mass is 432 g/mol. The molecule has 174 valence electrons. The maximum Gasteiger partial charge on any atom is 0.306 e. The summed E-state index contributed by atoms with van der Waals surface area (Å²) in [7, 11) is 0. The number of unbranched alkanes of at least 4 members (excludes halogenated alkanes) is 1. The number of rotatable bonds is 18. The van der Waals surface area contributed by atoms with E-state index in [-0.39, 0.29) is 38.0 Å². The van der Waals surface area contributed by atoms with Crippen LogP contribution in [0.1, 0.15) is 71.6 Å². The fourth-order valence-corrected chi connectivity index (χ4v) is 2.39. The van der Waals surface area contributed by atoms with Gasteiger partial charge in [0.2, 0.25) is 0 Å². The van der Waals surface area contributed by atoms with E-state index in [1.165, 1.54) is 0 Å². The van der Waals surface area contributed by atoms with E-state index in [0.29, 0.717) is 6.42 Å². The molecule has 0 saturated heterocycles. The van der Waals surface area contributed by atoms with Gasteiger partial charge >= 0.3 is 11.9 Å². The molecule has 1 N–H and O–H groups in total. The molecular formula is C26H40O5. The van der Waals surface area contributed by atoms with Crippen LogP contribution in [0.5, 0.6) is 0 Å². The zero-order chi connectivity index (χ0) is 23.0. The van der Waals surface area contributed by atoms with Crippen molar-refractivity contribution in [3.63, 3.8) is 0 Å². The Morgan fingerprint density at radius 1 is 0.774 bits per heavy atom. The highest BCUT2D eigenvalue weighted by molar-refractivity contribution is 5.70. The van der Waals surface area contributed by atoms with Gasteiger partial charge in [0.1, 0.15) is 6.61 Å². The van der Waals surface area contributed by atoms with Gasteiger partial charge in [0, 0.05) is 12.8 Å². The quantitative estimate of drug-likeness (QED) is 0.169. The van der Waals surface area contributed by atoms with Crippen molar-refractivity contribution in [2.75, 3.05) is 13.2 Å². The number of aliphatic hydroxyl groups is 1. The molecule has 1 unspecified atom stereocenters. The van der Waals surface area contributed by atoms with Crippen LogP contribution in [0.4, 0.5) is 0 Å². The fourth-order valence-electron chi connectivity index (χ4n) is 2.39. The summed E-state index contributed by atoms with van der Waals surface area (Å²) in [6.45, 7) is 3.34. The van der Waals surface area contributed by atoms with Gasteiger partial charge in [-0.2, -0.15) is 0 Å². The summed E-state index contributed by atoms with van der Waals surface area (Å²) in [5, 5.41) is 9.19. The lowest BCUT2D eigenvalue weighted by Gasteiger charge is -2.15. The van der Waals surface area contributed by atoms with Crippen LogP contribution in [-0.2, 0) is 19.1 Å². The molecule has 0 heterocycles. The Bertz CT molecular complexity index is 599. The van der Waals surface area contributed by atoms with E-state index in [1.54, 1.807) is 6.92 Å². The van der Waals surface area contributed by atoms with Gasteiger partial charge in [0.15, 0.2) is 6.10 Å². The molecule has 0 fully saturated rings. The second-order valence-electron chi connectivity index (χ2n) is 6.93. The SMILES string of the molecule is CC/C=C\C/C=C\C/C=C\C/C=C\C/C=C\CCCC(=O)OC(CO)COC(=O)CC. The van der Waals surface area contributed by atoms with E-state index in [2.05, 4.69) is 67.7 Å². The fraction of sp³-hybridized carbons (Fsp3) is 0.538. The predicted molar refractivity (Wildman–Crippen MR) is 127 cm³/mol. The van der Waals surface area contributed by atoms with Crippen LogP contribution in [0.15, 0.2) is 60.8 Å². The zero-order valence-corrected chi connectivity index (χ0v) is 19.2. The van der Waals surface area contributed by atoms with E-state index in [0.717, 1.165) is 38.5 Å². The van der Waals surface area contributed by atoms with Crippen molar-refractivity contribution in [3.05, 3.63) is 60.8 Å². The van der Waals surface area contributed by atoms with Gasteiger partial charge < -0.3 is 14.6 Å². The number of aliphatic hydroxyl groups excluding tert-OH is 1. The van der Waals surface area contributed by atoms with Gasteiger partial charge in [-0.3, -0.25) is 9.59 Å². The lowest BCUT2D eigenvalue weighted by molar-refractivity contribution is -0.161.